The zero-order valence-electron chi connectivity index (χ0n) is 11.5. The van der Waals surface area contributed by atoms with Gasteiger partial charge < -0.3 is 0 Å². The van der Waals surface area contributed by atoms with Crippen molar-refractivity contribution in [1.82, 2.24) is 0 Å². The molecule has 0 fully saturated rings. The highest BCUT2D eigenvalue weighted by Crippen LogP contribution is 2.46. The Morgan fingerprint density at radius 2 is 1.10 bits per heavy atom. The lowest BCUT2D eigenvalue weighted by molar-refractivity contribution is 1.18. The number of benzene rings is 3. The molecule has 0 nitrogen and oxygen atoms in total. The topological polar surface area (TPSA) is 0 Å². The molecule has 0 heterocycles. The lowest BCUT2D eigenvalue weighted by atomic mass is 10.1. The van der Waals surface area contributed by atoms with Crippen LogP contribution >= 0.6 is 11.1 Å². The fourth-order valence-corrected chi connectivity index (χ4v) is 6.78. The Bertz CT molecular complexity index is 737. The SMILES string of the molecule is Cl[SiH](c1ccccc1)C1c2ccccc2-c2ccccc21. The maximum atomic E-state index is 7.01. The quantitative estimate of drug-likeness (QED) is 0.491. The summed E-state index contributed by atoms with van der Waals surface area (Å²) in [7, 11) is -1.61. The maximum Gasteiger partial charge on any atom is 0.183 e. The first-order chi connectivity index (χ1) is 10.4. The fraction of sp³-hybridized carbons (Fsp3) is 0.0526. The minimum absolute atomic E-state index is 0.362. The number of hydrogen-bond acceptors (Lipinski definition) is 0. The van der Waals surface area contributed by atoms with E-state index >= 15 is 0 Å². The molecule has 2 heteroatoms. The van der Waals surface area contributed by atoms with Crippen LogP contribution < -0.4 is 5.19 Å². The third kappa shape index (κ3) is 2.05. The lowest BCUT2D eigenvalue weighted by Gasteiger charge is -2.18. The molecule has 4 rings (SSSR count). The second-order valence-corrected chi connectivity index (χ2v) is 9.01. The summed E-state index contributed by atoms with van der Waals surface area (Å²) in [6.45, 7) is 0. The van der Waals surface area contributed by atoms with E-state index < -0.39 is 8.11 Å². The zero-order valence-corrected chi connectivity index (χ0v) is 13.4. The van der Waals surface area contributed by atoms with Crippen LogP contribution in [-0.4, -0.2) is 8.11 Å². The predicted octanol–water partition coefficient (Wildman–Crippen LogP) is 4.21. The summed E-state index contributed by atoms with van der Waals surface area (Å²) >= 11 is 7.01. The summed E-state index contributed by atoms with van der Waals surface area (Å²) in [4.78, 5) is 0. The van der Waals surface area contributed by atoms with Crippen LogP contribution in [0.25, 0.3) is 11.1 Å². The molecule has 102 valence electrons. The summed E-state index contributed by atoms with van der Waals surface area (Å²) in [5, 5.41) is 1.32. The van der Waals surface area contributed by atoms with E-state index in [1.165, 1.54) is 27.4 Å². The molecule has 0 aromatic heterocycles. The summed E-state index contributed by atoms with van der Waals surface area (Å²) < 4.78 is 0. The molecular weight excluding hydrogens is 292 g/mol. The van der Waals surface area contributed by atoms with Crippen molar-refractivity contribution in [2.75, 3.05) is 0 Å². The third-order valence-corrected chi connectivity index (χ3v) is 8.13. The Hall–Kier alpha value is -1.83. The first kappa shape index (κ1) is 12.9. The molecule has 0 aliphatic heterocycles. The van der Waals surface area contributed by atoms with Crippen LogP contribution in [-0.2, 0) is 0 Å². The van der Waals surface area contributed by atoms with E-state index in [1.54, 1.807) is 0 Å². The Morgan fingerprint density at radius 3 is 1.67 bits per heavy atom. The molecule has 21 heavy (non-hydrogen) atoms. The van der Waals surface area contributed by atoms with Crippen molar-refractivity contribution in [2.24, 2.45) is 0 Å². The van der Waals surface area contributed by atoms with Gasteiger partial charge in [0.1, 0.15) is 0 Å². The van der Waals surface area contributed by atoms with Gasteiger partial charge in [-0.1, -0.05) is 78.9 Å². The van der Waals surface area contributed by atoms with Crippen molar-refractivity contribution in [3.8, 4) is 11.1 Å². The number of halogens is 1. The highest BCUT2D eigenvalue weighted by atomic mass is 35.6. The van der Waals surface area contributed by atoms with Gasteiger partial charge >= 0.3 is 0 Å². The van der Waals surface area contributed by atoms with E-state index in [2.05, 4.69) is 78.9 Å². The molecule has 3 aromatic rings. The molecule has 1 unspecified atom stereocenters. The van der Waals surface area contributed by atoms with Crippen molar-refractivity contribution in [3.63, 3.8) is 0 Å². The van der Waals surface area contributed by atoms with Crippen LogP contribution in [0.3, 0.4) is 0 Å². The average Bonchev–Trinajstić information content (AvgIpc) is 2.90. The maximum absolute atomic E-state index is 7.01. The van der Waals surface area contributed by atoms with Gasteiger partial charge in [-0.3, -0.25) is 0 Å². The van der Waals surface area contributed by atoms with Crippen molar-refractivity contribution >= 4 is 24.4 Å². The second-order valence-electron chi connectivity index (χ2n) is 5.46. The molecule has 0 spiro atoms. The minimum Gasteiger partial charge on any atom is -0.165 e. The zero-order chi connectivity index (χ0) is 14.2. The largest absolute Gasteiger partial charge is 0.183 e. The van der Waals surface area contributed by atoms with Crippen molar-refractivity contribution < 1.29 is 0 Å². The molecule has 1 aliphatic rings. The molecule has 0 N–H and O–H groups in total. The fourth-order valence-electron chi connectivity index (χ4n) is 3.34. The summed E-state index contributed by atoms with van der Waals surface area (Å²) in [6, 6.07) is 28.0. The number of hydrogen-bond donors (Lipinski definition) is 0. The molecule has 0 amide bonds. The molecule has 3 aromatic carbocycles. The van der Waals surface area contributed by atoms with E-state index in [1.807, 2.05) is 0 Å². The smallest absolute Gasteiger partial charge is 0.165 e. The number of fused-ring (bicyclic) bond motifs is 3. The van der Waals surface area contributed by atoms with E-state index in [4.69, 9.17) is 11.1 Å². The van der Waals surface area contributed by atoms with Gasteiger partial charge in [-0.2, -0.15) is 11.1 Å². The summed E-state index contributed by atoms with van der Waals surface area (Å²) in [5.74, 6) is 0. The summed E-state index contributed by atoms with van der Waals surface area (Å²) in [5.41, 5.74) is 5.87. The van der Waals surface area contributed by atoms with E-state index in [0.717, 1.165) is 0 Å². The first-order valence-corrected chi connectivity index (χ1v) is 10.2. The van der Waals surface area contributed by atoms with E-state index in [0.29, 0.717) is 5.54 Å². The van der Waals surface area contributed by atoms with Crippen molar-refractivity contribution in [2.45, 2.75) is 5.54 Å². The third-order valence-electron chi connectivity index (χ3n) is 4.29. The van der Waals surface area contributed by atoms with Gasteiger partial charge in [-0.15, -0.1) is 0 Å². The van der Waals surface area contributed by atoms with Crippen LogP contribution in [0.5, 0.6) is 0 Å². The van der Waals surface area contributed by atoms with Crippen LogP contribution in [0.2, 0.25) is 0 Å². The Kier molecular flexibility index (Phi) is 3.17. The monoisotopic (exact) mass is 306 g/mol. The van der Waals surface area contributed by atoms with Crippen molar-refractivity contribution in [1.29, 1.82) is 0 Å². The van der Waals surface area contributed by atoms with E-state index in [-0.39, 0.29) is 0 Å². The molecule has 1 atom stereocenters. The van der Waals surface area contributed by atoms with Gasteiger partial charge in [-0.05, 0) is 27.4 Å². The van der Waals surface area contributed by atoms with E-state index in [9.17, 15) is 0 Å². The van der Waals surface area contributed by atoms with Gasteiger partial charge in [-0.25, -0.2) is 0 Å². The molecule has 1 aliphatic carbocycles. The van der Waals surface area contributed by atoms with Crippen LogP contribution in [0.15, 0.2) is 78.9 Å². The highest BCUT2D eigenvalue weighted by molar-refractivity contribution is 7.15. The predicted molar refractivity (Wildman–Crippen MR) is 92.8 cm³/mol. The lowest BCUT2D eigenvalue weighted by Crippen LogP contribution is -2.31. The molecule has 0 radical (unpaired) electrons. The molecule has 0 bridgehead atoms. The standard InChI is InChI=1S/C19H15ClSi/c20-21(14-8-2-1-3-9-14)19-17-12-6-4-10-15(17)16-11-5-7-13-18(16)19/h1-13,19,21H. The van der Waals surface area contributed by atoms with Gasteiger partial charge in [0.15, 0.2) is 8.11 Å². The Labute approximate surface area is 131 Å². The van der Waals surface area contributed by atoms with Gasteiger partial charge in [0.2, 0.25) is 0 Å². The van der Waals surface area contributed by atoms with Gasteiger partial charge in [0.05, 0.1) is 0 Å². The van der Waals surface area contributed by atoms with Crippen molar-refractivity contribution in [3.05, 3.63) is 90.0 Å². The molecule has 0 saturated carbocycles. The molecular formula is C19H15ClSi. The van der Waals surface area contributed by atoms with Gasteiger partial charge in [0.25, 0.3) is 0 Å². The summed E-state index contributed by atoms with van der Waals surface area (Å²) in [6.07, 6.45) is 0. The van der Waals surface area contributed by atoms with Crippen LogP contribution in [0, 0.1) is 0 Å². The Balaban J connectivity index is 1.89. The van der Waals surface area contributed by atoms with Crippen LogP contribution in [0.1, 0.15) is 16.7 Å². The first-order valence-electron chi connectivity index (χ1n) is 7.23. The van der Waals surface area contributed by atoms with Crippen LogP contribution in [0.4, 0.5) is 0 Å². The molecule has 0 saturated heterocycles. The average molecular weight is 307 g/mol. The second kappa shape index (κ2) is 5.17. The normalized spacial score (nSPS) is 14.5. The Morgan fingerprint density at radius 1 is 0.619 bits per heavy atom. The highest BCUT2D eigenvalue weighted by Gasteiger charge is 2.34. The number of rotatable bonds is 2. The minimum atomic E-state index is -1.61. The van der Waals surface area contributed by atoms with Gasteiger partial charge in [0, 0.05) is 5.54 Å².